The number of thiophene rings is 1. The molecule has 0 bridgehead atoms. The molecule has 0 atom stereocenters. The van der Waals surface area contributed by atoms with Crippen LogP contribution in [0.25, 0.3) is 5.69 Å². The number of carbonyl (C=O) groups is 1. The Bertz CT molecular complexity index is 785. The molecule has 0 unspecified atom stereocenters. The molecule has 0 spiro atoms. The average Bonchev–Trinajstić information content (AvgIpc) is 3.10. The number of amides is 1. The maximum Gasteiger partial charge on any atom is 0.265 e. The van der Waals surface area contributed by atoms with Crippen LogP contribution in [0.15, 0.2) is 52.8 Å². The SMILES string of the molecule is O=C(Nc1ccc(-n2ccnc2)c(F)c1)c1ccc(Br)s1. The quantitative estimate of drug-likeness (QED) is 0.759. The zero-order chi connectivity index (χ0) is 14.8. The highest BCUT2D eigenvalue weighted by Crippen LogP contribution is 2.24. The summed E-state index contributed by atoms with van der Waals surface area (Å²) in [4.78, 5) is 16.4. The summed E-state index contributed by atoms with van der Waals surface area (Å²) in [5.41, 5.74) is 0.787. The van der Waals surface area contributed by atoms with E-state index in [0.29, 0.717) is 16.3 Å². The smallest absolute Gasteiger partial charge is 0.265 e. The lowest BCUT2D eigenvalue weighted by Gasteiger charge is -2.07. The van der Waals surface area contributed by atoms with E-state index in [1.807, 2.05) is 0 Å². The van der Waals surface area contributed by atoms with Crippen LogP contribution in [0.5, 0.6) is 0 Å². The van der Waals surface area contributed by atoms with E-state index in [4.69, 9.17) is 0 Å². The van der Waals surface area contributed by atoms with Crippen molar-refractivity contribution < 1.29 is 9.18 Å². The van der Waals surface area contributed by atoms with E-state index in [-0.39, 0.29) is 5.91 Å². The van der Waals surface area contributed by atoms with Gasteiger partial charge in [0.2, 0.25) is 0 Å². The van der Waals surface area contributed by atoms with Gasteiger partial charge in [-0.1, -0.05) is 0 Å². The largest absolute Gasteiger partial charge is 0.321 e. The molecule has 4 nitrogen and oxygen atoms in total. The van der Waals surface area contributed by atoms with Gasteiger partial charge in [-0.15, -0.1) is 11.3 Å². The number of nitrogens with zero attached hydrogens (tertiary/aromatic N) is 2. The molecular weight excluding hydrogens is 357 g/mol. The van der Waals surface area contributed by atoms with Crippen LogP contribution in [0.2, 0.25) is 0 Å². The molecule has 1 amide bonds. The first-order valence-corrected chi connectivity index (χ1v) is 7.59. The number of nitrogens with one attached hydrogen (secondary N) is 1. The third-order valence-electron chi connectivity index (χ3n) is 2.79. The van der Waals surface area contributed by atoms with E-state index in [1.165, 1.54) is 23.7 Å². The molecule has 0 saturated carbocycles. The molecule has 0 saturated heterocycles. The first kappa shape index (κ1) is 14.0. The van der Waals surface area contributed by atoms with Gasteiger partial charge in [-0.2, -0.15) is 0 Å². The van der Waals surface area contributed by atoms with Crippen LogP contribution in [0.3, 0.4) is 0 Å². The minimum atomic E-state index is -0.432. The van der Waals surface area contributed by atoms with Crippen molar-refractivity contribution in [3.8, 4) is 5.69 Å². The Balaban J connectivity index is 1.81. The standard InChI is InChI=1S/C14H9BrFN3OS/c15-13-4-3-12(21-13)14(20)18-9-1-2-11(10(16)7-9)19-6-5-17-8-19/h1-8H,(H,18,20). The van der Waals surface area contributed by atoms with Crippen LogP contribution < -0.4 is 5.32 Å². The molecule has 1 aromatic carbocycles. The summed E-state index contributed by atoms with van der Waals surface area (Å²) in [6.07, 6.45) is 4.74. The summed E-state index contributed by atoms with van der Waals surface area (Å²) in [6, 6.07) is 8.04. The van der Waals surface area contributed by atoms with Crippen molar-refractivity contribution in [3.63, 3.8) is 0 Å². The number of hydrogen-bond acceptors (Lipinski definition) is 3. The molecule has 2 heterocycles. The first-order valence-electron chi connectivity index (χ1n) is 5.98. The van der Waals surface area contributed by atoms with Crippen molar-refractivity contribution in [2.45, 2.75) is 0 Å². The van der Waals surface area contributed by atoms with Gasteiger partial charge in [0, 0.05) is 18.1 Å². The molecule has 21 heavy (non-hydrogen) atoms. The maximum atomic E-state index is 14.1. The molecule has 0 aliphatic heterocycles. The first-order chi connectivity index (χ1) is 10.1. The number of halogens is 2. The van der Waals surface area contributed by atoms with E-state index in [0.717, 1.165) is 3.79 Å². The van der Waals surface area contributed by atoms with Crippen molar-refractivity contribution in [2.24, 2.45) is 0 Å². The maximum absolute atomic E-state index is 14.1. The van der Waals surface area contributed by atoms with E-state index in [9.17, 15) is 9.18 Å². The van der Waals surface area contributed by atoms with Crippen LogP contribution in [0, 0.1) is 5.82 Å². The van der Waals surface area contributed by atoms with Gasteiger partial charge in [-0.25, -0.2) is 9.37 Å². The fraction of sp³-hybridized carbons (Fsp3) is 0. The summed E-state index contributed by atoms with van der Waals surface area (Å²) < 4.78 is 16.5. The van der Waals surface area contributed by atoms with Crippen LogP contribution in [0.1, 0.15) is 9.67 Å². The van der Waals surface area contributed by atoms with Gasteiger partial charge in [0.1, 0.15) is 5.82 Å². The molecule has 1 N–H and O–H groups in total. The van der Waals surface area contributed by atoms with E-state index < -0.39 is 5.82 Å². The second-order valence-electron chi connectivity index (χ2n) is 4.19. The van der Waals surface area contributed by atoms with Gasteiger partial charge < -0.3 is 9.88 Å². The van der Waals surface area contributed by atoms with Crippen LogP contribution in [-0.4, -0.2) is 15.5 Å². The third kappa shape index (κ3) is 3.03. The van der Waals surface area contributed by atoms with E-state index >= 15 is 0 Å². The summed E-state index contributed by atoms with van der Waals surface area (Å²) in [6.45, 7) is 0. The Morgan fingerprint density at radius 3 is 2.81 bits per heavy atom. The minimum absolute atomic E-state index is 0.263. The monoisotopic (exact) mass is 365 g/mol. The zero-order valence-corrected chi connectivity index (χ0v) is 13.0. The Labute approximate surface area is 132 Å². The predicted octanol–water partition coefficient (Wildman–Crippen LogP) is 4.09. The van der Waals surface area contributed by atoms with Gasteiger partial charge in [-0.3, -0.25) is 4.79 Å². The highest BCUT2D eigenvalue weighted by molar-refractivity contribution is 9.11. The highest BCUT2D eigenvalue weighted by atomic mass is 79.9. The number of benzene rings is 1. The number of imidazole rings is 1. The van der Waals surface area contributed by atoms with Crippen molar-refractivity contribution in [2.75, 3.05) is 5.32 Å². The van der Waals surface area contributed by atoms with Gasteiger partial charge in [0.05, 0.1) is 20.7 Å². The number of aromatic nitrogens is 2. The lowest BCUT2D eigenvalue weighted by Crippen LogP contribution is -2.10. The van der Waals surface area contributed by atoms with Crippen molar-refractivity contribution in [1.29, 1.82) is 0 Å². The number of carbonyl (C=O) groups excluding carboxylic acids is 1. The summed E-state index contributed by atoms with van der Waals surface area (Å²) in [5.74, 6) is -0.696. The second-order valence-corrected chi connectivity index (χ2v) is 6.66. The Kier molecular flexibility index (Phi) is 3.85. The summed E-state index contributed by atoms with van der Waals surface area (Å²) in [7, 11) is 0. The molecule has 2 aromatic heterocycles. The van der Waals surface area contributed by atoms with E-state index in [1.54, 1.807) is 41.2 Å². The molecule has 3 aromatic rings. The topological polar surface area (TPSA) is 46.9 Å². The predicted molar refractivity (Wildman–Crippen MR) is 83.5 cm³/mol. The molecule has 0 aliphatic carbocycles. The summed E-state index contributed by atoms with van der Waals surface area (Å²) in [5, 5.41) is 2.67. The number of rotatable bonds is 3. The van der Waals surface area contributed by atoms with Gasteiger partial charge in [0.25, 0.3) is 5.91 Å². The molecule has 0 radical (unpaired) electrons. The molecule has 0 fully saturated rings. The average molecular weight is 366 g/mol. The molecule has 106 valence electrons. The van der Waals surface area contributed by atoms with Gasteiger partial charge in [0.15, 0.2) is 0 Å². The summed E-state index contributed by atoms with van der Waals surface area (Å²) >= 11 is 4.62. The molecule has 0 aliphatic rings. The normalized spacial score (nSPS) is 10.6. The lowest BCUT2D eigenvalue weighted by molar-refractivity contribution is 0.103. The van der Waals surface area contributed by atoms with Crippen molar-refractivity contribution in [3.05, 3.63) is 63.5 Å². The Hall–Kier alpha value is -1.99. The van der Waals surface area contributed by atoms with Crippen LogP contribution in [0.4, 0.5) is 10.1 Å². The fourth-order valence-electron chi connectivity index (χ4n) is 1.82. The Morgan fingerprint density at radius 2 is 2.19 bits per heavy atom. The van der Waals surface area contributed by atoms with Crippen molar-refractivity contribution in [1.82, 2.24) is 9.55 Å². The molecular formula is C14H9BrFN3OS. The Morgan fingerprint density at radius 1 is 1.33 bits per heavy atom. The van der Waals surface area contributed by atoms with E-state index in [2.05, 4.69) is 26.2 Å². The van der Waals surface area contributed by atoms with Crippen LogP contribution >= 0.6 is 27.3 Å². The third-order valence-corrected chi connectivity index (χ3v) is 4.41. The van der Waals surface area contributed by atoms with Crippen LogP contribution in [-0.2, 0) is 0 Å². The van der Waals surface area contributed by atoms with Gasteiger partial charge in [-0.05, 0) is 46.3 Å². The van der Waals surface area contributed by atoms with Crippen molar-refractivity contribution >= 4 is 38.9 Å². The highest BCUT2D eigenvalue weighted by Gasteiger charge is 2.11. The second kappa shape index (κ2) is 5.79. The molecule has 7 heteroatoms. The fourth-order valence-corrected chi connectivity index (χ4v) is 3.11. The van der Waals surface area contributed by atoms with Gasteiger partial charge >= 0.3 is 0 Å². The zero-order valence-electron chi connectivity index (χ0n) is 10.6. The molecule has 3 rings (SSSR count). The minimum Gasteiger partial charge on any atom is -0.321 e. The number of anilines is 1. The lowest BCUT2D eigenvalue weighted by atomic mass is 10.2. The number of hydrogen-bond donors (Lipinski definition) is 1.